The van der Waals surface area contributed by atoms with Gasteiger partial charge in [0.15, 0.2) is 0 Å². The van der Waals surface area contributed by atoms with Crippen LogP contribution in [0.1, 0.15) is 38.2 Å². The van der Waals surface area contributed by atoms with Crippen LogP contribution in [0.15, 0.2) is 24.3 Å². The topological polar surface area (TPSA) is 58.4 Å². The van der Waals surface area contributed by atoms with E-state index < -0.39 is 0 Å². The van der Waals surface area contributed by atoms with Gasteiger partial charge in [-0.2, -0.15) is 0 Å². The number of nitrogens with one attached hydrogen (secondary N) is 1. The minimum absolute atomic E-state index is 0.00158. The molecule has 1 aliphatic carbocycles. The molecule has 0 radical (unpaired) electrons. The summed E-state index contributed by atoms with van der Waals surface area (Å²) in [5.74, 6) is 0.00158. The van der Waals surface area contributed by atoms with E-state index in [0.29, 0.717) is 28.8 Å². The summed E-state index contributed by atoms with van der Waals surface area (Å²) in [4.78, 5) is 14.8. The number of hydrogen-bond acceptors (Lipinski definition) is 3. The number of nitrogens with two attached hydrogens (primary N) is 1. The fourth-order valence-electron chi connectivity index (χ4n) is 2.37. The Bertz CT molecular complexity index is 514. The van der Waals surface area contributed by atoms with E-state index in [1.165, 1.54) is 12.8 Å². The van der Waals surface area contributed by atoms with Crippen LogP contribution < -0.4 is 11.1 Å². The lowest BCUT2D eigenvalue weighted by molar-refractivity contribution is -0.117. The number of para-hydroxylation sites is 1. The molecular weight excluding hydrogens is 282 g/mol. The maximum atomic E-state index is 12.3. The first-order chi connectivity index (χ1) is 10.1. The third-order valence-electron chi connectivity index (χ3n) is 3.68. The van der Waals surface area contributed by atoms with Gasteiger partial charge in [0.1, 0.15) is 4.99 Å². The summed E-state index contributed by atoms with van der Waals surface area (Å²) in [5, 5.41) is 2.93. The first kappa shape index (κ1) is 15.9. The largest absolute Gasteiger partial charge is 0.389 e. The second-order valence-corrected chi connectivity index (χ2v) is 5.95. The molecule has 0 saturated heterocycles. The van der Waals surface area contributed by atoms with Crippen LogP contribution >= 0.6 is 12.2 Å². The van der Waals surface area contributed by atoms with E-state index in [4.69, 9.17) is 18.0 Å². The monoisotopic (exact) mass is 305 g/mol. The number of thiocarbonyl (C=S) groups is 1. The fraction of sp³-hybridized carbons (Fsp3) is 0.500. The van der Waals surface area contributed by atoms with Crippen molar-refractivity contribution in [3.8, 4) is 0 Å². The highest BCUT2D eigenvalue weighted by Crippen LogP contribution is 2.27. The van der Waals surface area contributed by atoms with Crippen molar-refractivity contribution in [3.63, 3.8) is 0 Å². The van der Waals surface area contributed by atoms with Gasteiger partial charge in [0, 0.05) is 11.6 Å². The van der Waals surface area contributed by atoms with Crippen LogP contribution in [0, 0.1) is 0 Å². The molecule has 1 aromatic rings. The van der Waals surface area contributed by atoms with Crippen molar-refractivity contribution in [2.24, 2.45) is 5.73 Å². The zero-order valence-electron chi connectivity index (χ0n) is 12.5. The molecule has 1 saturated carbocycles. The van der Waals surface area contributed by atoms with E-state index in [-0.39, 0.29) is 5.91 Å². The third kappa shape index (κ3) is 4.79. The summed E-state index contributed by atoms with van der Waals surface area (Å²) in [6.07, 6.45) is 4.70. The summed E-state index contributed by atoms with van der Waals surface area (Å²) in [5.41, 5.74) is 7.10. The van der Waals surface area contributed by atoms with Crippen molar-refractivity contribution in [1.29, 1.82) is 0 Å². The van der Waals surface area contributed by atoms with Crippen LogP contribution in [0.2, 0.25) is 0 Å². The number of anilines is 1. The molecular formula is C16H23N3OS. The van der Waals surface area contributed by atoms with Crippen LogP contribution in [0.3, 0.4) is 0 Å². The lowest BCUT2D eigenvalue weighted by atomic mass is 10.2. The summed E-state index contributed by atoms with van der Waals surface area (Å²) in [6, 6.07) is 7.98. The minimum atomic E-state index is 0.00158. The summed E-state index contributed by atoms with van der Waals surface area (Å²) in [6.45, 7) is 3.60. The molecule has 0 unspecified atom stereocenters. The van der Waals surface area contributed by atoms with Crippen LogP contribution in [0.5, 0.6) is 0 Å². The molecule has 0 heterocycles. The molecule has 0 aliphatic heterocycles. The van der Waals surface area contributed by atoms with Gasteiger partial charge < -0.3 is 11.1 Å². The van der Waals surface area contributed by atoms with Crippen molar-refractivity contribution in [3.05, 3.63) is 29.8 Å². The smallest absolute Gasteiger partial charge is 0.238 e. The molecule has 1 aromatic carbocycles. The number of rotatable bonds is 8. The van der Waals surface area contributed by atoms with Crippen LogP contribution in [0.4, 0.5) is 5.69 Å². The average Bonchev–Trinajstić information content (AvgIpc) is 3.28. The maximum Gasteiger partial charge on any atom is 0.238 e. The van der Waals surface area contributed by atoms with Crippen molar-refractivity contribution in [2.75, 3.05) is 18.4 Å². The lowest BCUT2D eigenvalue weighted by Gasteiger charge is -2.21. The first-order valence-electron chi connectivity index (χ1n) is 7.54. The zero-order chi connectivity index (χ0) is 15.2. The molecule has 0 spiro atoms. The van der Waals surface area contributed by atoms with Gasteiger partial charge in [0.25, 0.3) is 0 Å². The molecule has 3 N–H and O–H groups in total. The van der Waals surface area contributed by atoms with Crippen molar-refractivity contribution in [1.82, 2.24) is 4.90 Å². The fourth-order valence-corrected chi connectivity index (χ4v) is 2.55. The number of unbranched alkanes of at least 4 members (excludes halogenated alkanes) is 1. The van der Waals surface area contributed by atoms with E-state index >= 15 is 0 Å². The first-order valence-corrected chi connectivity index (χ1v) is 7.95. The number of nitrogens with zero attached hydrogens (tertiary/aromatic N) is 1. The van der Waals surface area contributed by atoms with Gasteiger partial charge in [-0.15, -0.1) is 0 Å². The molecule has 1 aliphatic rings. The van der Waals surface area contributed by atoms with Crippen molar-refractivity contribution in [2.45, 2.75) is 38.6 Å². The second-order valence-electron chi connectivity index (χ2n) is 5.51. The van der Waals surface area contributed by atoms with Crippen molar-refractivity contribution >= 4 is 28.8 Å². The number of amides is 1. The molecule has 0 atom stereocenters. The highest BCUT2D eigenvalue weighted by molar-refractivity contribution is 7.80. The number of carbonyl (C=O) groups is 1. The van der Waals surface area contributed by atoms with Gasteiger partial charge in [-0.25, -0.2) is 0 Å². The molecule has 2 rings (SSSR count). The molecule has 1 fully saturated rings. The molecule has 0 bridgehead atoms. The van der Waals surface area contributed by atoms with Gasteiger partial charge in [-0.3, -0.25) is 9.69 Å². The SMILES string of the molecule is CCCCN(CC(=O)Nc1ccccc1C(N)=S)C1CC1. The Labute approximate surface area is 131 Å². The Kier molecular flexibility index (Phi) is 5.70. The van der Waals surface area contributed by atoms with E-state index in [9.17, 15) is 4.79 Å². The summed E-state index contributed by atoms with van der Waals surface area (Å²) >= 11 is 5.02. The van der Waals surface area contributed by atoms with E-state index in [2.05, 4.69) is 17.1 Å². The molecule has 21 heavy (non-hydrogen) atoms. The molecule has 1 amide bonds. The normalized spacial score (nSPS) is 14.2. The van der Waals surface area contributed by atoms with Crippen LogP contribution in [-0.4, -0.2) is 34.9 Å². The van der Waals surface area contributed by atoms with Gasteiger partial charge in [0.05, 0.1) is 12.2 Å². The van der Waals surface area contributed by atoms with E-state index in [0.717, 1.165) is 19.4 Å². The van der Waals surface area contributed by atoms with Crippen LogP contribution in [-0.2, 0) is 4.79 Å². The molecule has 5 heteroatoms. The van der Waals surface area contributed by atoms with E-state index in [1.54, 1.807) is 0 Å². The zero-order valence-corrected chi connectivity index (χ0v) is 13.3. The Morgan fingerprint density at radius 1 is 1.43 bits per heavy atom. The highest BCUT2D eigenvalue weighted by Gasteiger charge is 2.29. The Morgan fingerprint density at radius 3 is 2.76 bits per heavy atom. The predicted molar refractivity (Wildman–Crippen MR) is 90.5 cm³/mol. The van der Waals surface area contributed by atoms with Crippen molar-refractivity contribution < 1.29 is 4.79 Å². The molecule has 4 nitrogen and oxygen atoms in total. The number of benzene rings is 1. The standard InChI is InChI=1S/C16H23N3OS/c1-2-3-10-19(12-8-9-12)11-15(20)18-14-7-5-4-6-13(14)16(17)21/h4-7,12H,2-3,8-11H2,1H3,(H2,17,21)(H,18,20). The Morgan fingerprint density at radius 2 is 2.14 bits per heavy atom. The number of hydrogen-bond donors (Lipinski definition) is 2. The van der Waals surface area contributed by atoms with Gasteiger partial charge in [-0.1, -0.05) is 37.7 Å². The van der Waals surface area contributed by atoms with Gasteiger partial charge in [0.2, 0.25) is 5.91 Å². The maximum absolute atomic E-state index is 12.3. The van der Waals surface area contributed by atoms with E-state index in [1.807, 2.05) is 24.3 Å². The highest BCUT2D eigenvalue weighted by atomic mass is 32.1. The Hall–Kier alpha value is -1.46. The Balaban J connectivity index is 1.96. The molecule has 0 aromatic heterocycles. The van der Waals surface area contributed by atoms with Gasteiger partial charge in [-0.05, 0) is 37.9 Å². The number of carbonyl (C=O) groups excluding carboxylic acids is 1. The average molecular weight is 305 g/mol. The summed E-state index contributed by atoms with van der Waals surface area (Å²) < 4.78 is 0. The minimum Gasteiger partial charge on any atom is -0.389 e. The second kappa shape index (κ2) is 7.52. The van der Waals surface area contributed by atoms with Crippen LogP contribution in [0.25, 0.3) is 0 Å². The summed E-state index contributed by atoms with van der Waals surface area (Å²) in [7, 11) is 0. The molecule has 114 valence electrons. The van der Waals surface area contributed by atoms with Gasteiger partial charge >= 0.3 is 0 Å². The predicted octanol–water partition coefficient (Wildman–Crippen LogP) is 2.52. The lowest BCUT2D eigenvalue weighted by Crippen LogP contribution is -2.36. The quantitative estimate of drug-likeness (QED) is 0.725. The third-order valence-corrected chi connectivity index (χ3v) is 3.90.